The van der Waals surface area contributed by atoms with E-state index < -0.39 is 0 Å². The van der Waals surface area contributed by atoms with Crippen molar-refractivity contribution in [3.8, 4) is 5.75 Å². The van der Waals surface area contributed by atoms with Gasteiger partial charge in [-0.3, -0.25) is 0 Å². The Hall–Kier alpha value is -1.06. The lowest BCUT2D eigenvalue weighted by atomic mass is 9.79. The molecule has 1 atom stereocenters. The average Bonchev–Trinajstić information content (AvgIpc) is 2.50. The van der Waals surface area contributed by atoms with E-state index in [0.717, 1.165) is 5.75 Å². The number of hydrogen-bond acceptors (Lipinski definition) is 3. The van der Waals surface area contributed by atoms with Crippen molar-refractivity contribution >= 4 is 0 Å². The maximum atomic E-state index is 6.13. The first-order chi connectivity index (χ1) is 10.2. The first-order valence-electron chi connectivity index (χ1n) is 8.26. The van der Waals surface area contributed by atoms with Crippen LogP contribution in [0.3, 0.4) is 0 Å². The number of methoxy groups -OCH3 is 1. The lowest BCUT2D eigenvalue weighted by molar-refractivity contribution is 0.168. The van der Waals surface area contributed by atoms with E-state index in [4.69, 9.17) is 10.5 Å². The summed E-state index contributed by atoms with van der Waals surface area (Å²) in [7, 11) is 1.76. The third kappa shape index (κ3) is 3.98. The molecular formula is C18H30N2O. The van der Waals surface area contributed by atoms with E-state index in [0.29, 0.717) is 18.4 Å². The van der Waals surface area contributed by atoms with Crippen LogP contribution in [-0.2, 0) is 0 Å². The third-order valence-electron chi connectivity index (χ3n) is 4.78. The Balaban J connectivity index is 2.12. The second kappa shape index (κ2) is 7.81. The van der Waals surface area contributed by atoms with Gasteiger partial charge >= 0.3 is 0 Å². The second-order valence-electron chi connectivity index (χ2n) is 6.27. The van der Waals surface area contributed by atoms with Crippen molar-refractivity contribution in [2.75, 3.05) is 33.3 Å². The van der Waals surface area contributed by atoms with Crippen molar-refractivity contribution < 1.29 is 4.74 Å². The minimum absolute atomic E-state index is 0.420. The monoisotopic (exact) mass is 290 g/mol. The predicted octanol–water partition coefficient (Wildman–Crippen LogP) is 3.17. The summed E-state index contributed by atoms with van der Waals surface area (Å²) in [5.41, 5.74) is 8.72. The first kappa shape index (κ1) is 16.3. The summed E-state index contributed by atoms with van der Waals surface area (Å²) in [5, 5.41) is 0. The molecule has 2 N–H and O–H groups in total. The number of rotatable bonds is 6. The Morgan fingerprint density at radius 3 is 2.62 bits per heavy atom. The summed E-state index contributed by atoms with van der Waals surface area (Å²) < 4.78 is 5.57. The van der Waals surface area contributed by atoms with E-state index in [1.165, 1.54) is 50.0 Å². The third-order valence-corrected chi connectivity index (χ3v) is 4.78. The van der Waals surface area contributed by atoms with Crippen molar-refractivity contribution in [2.45, 2.75) is 39.0 Å². The first-order valence-corrected chi connectivity index (χ1v) is 8.26. The van der Waals surface area contributed by atoms with E-state index in [2.05, 4.69) is 36.9 Å². The van der Waals surface area contributed by atoms with E-state index >= 15 is 0 Å². The summed E-state index contributed by atoms with van der Waals surface area (Å²) >= 11 is 0. The topological polar surface area (TPSA) is 38.5 Å². The molecule has 21 heavy (non-hydrogen) atoms. The van der Waals surface area contributed by atoms with Crippen LogP contribution in [0.2, 0.25) is 0 Å². The molecule has 1 fully saturated rings. The van der Waals surface area contributed by atoms with E-state index in [-0.39, 0.29) is 0 Å². The fourth-order valence-electron chi connectivity index (χ4n) is 3.61. The summed E-state index contributed by atoms with van der Waals surface area (Å²) in [6.45, 7) is 8.76. The van der Waals surface area contributed by atoms with Crippen LogP contribution in [0.15, 0.2) is 18.2 Å². The molecule has 1 unspecified atom stereocenters. The molecule has 3 nitrogen and oxygen atoms in total. The number of nitrogens with zero attached hydrogens (tertiary/aromatic N) is 1. The minimum Gasteiger partial charge on any atom is -0.496 e. The molecule has 0 aliphatic carbocycles. The number of hydrogen-bond donors (Lipinski definition) is 1. The molecule has 1 aromatic carbocycles. The van der Waals surface area contributed by atoms with Crippen LogP contribution >= 0.6 is 0 Å². The van der Waals surface area contributed by atoms with Gasteiger partial charge in [-0.15, -0.1) is 0 Å². The molecule has 0 bridgehead atoms. The van der Waals surface area contributed by atoms with E-state index in [1.807, 2.05) is 0 Å². The number of aryl methyl sites for hydroxylation is 1. The minimum atomic E-state index is 0.420. The predicted molar refractivity (Wildman–Crippen MR) is 89.0 cm³/mol. The summed E-state index contributed by atoms with van der Waals surface area (Å²) in [6, 6.07) is 6.45. The maximum Gasteiger partial charge on any atom is 0.122 e. The van der Waals surface area contributed by atoms with Gasteiger partial charge in [0.1, 0.15) is 5.75 Å². The van der Waals surface area contributed by atoms with Gasteiger partial charge in [0, 0.05) is 5.92 Å². The van der Waals surface area contributed by atoms with Crippen molar-refractivity contribution in [3.63, 3.8) is 0 Å². The molecule has 0 amide bonds. The van der Waals surface area contributed by atoms with Crippen LogP contribution in [0.25, 0.3) is 0 Å². The van der Waals surface area contributed by atoms with Gasteiger partial charge in [-0.2, -0.15) is 0 Å². The highest BCUT2D eigenvalue weighted by Gasteiger charge is 2.28. The van der Waals surface area contributed by atoms with Crippen molar-refractivity contribution in [1.82, 2.24) is 4.90 Å². The van der Waals surface area contributed by atoms with Crippen molar-refractivity contribution in [3.05, 3.63) is 29.3 Å². The van der Waals surface area contributed by atoms with Crippen LogP contribution in [0.1, 0.15) is 43.2 Å². The smallest absolute Gasteiger partial charge is 0.122 e. The Kier molecular flexibility index (Phi) is 6.07. The molecule has 0 aromatic heterocycles. The quantitative estimate of drug-likeness (QED) is 0.874. The zero-order valence-corrected chi connectivity index (χ0v) is 13.8. The van der Waals surface area contributed by atoms with E-state index in [9.17, 15) is 0 Å². The van der Waals surface area contributed by atoms with Gasteiger partial charge in [-0.25, -0.2) is 0 Å². The molecule has 1 aromatic rings. The second-order valence-corrected chi connectivity index (χ2v) is 6.27. The van der Waals surface area contributed by atoms with Gasteiger partial charge in [0.05, 0.1) is 7.11 Å². The summed E-state index contributed by atoms with van der Waals surface area (Å²) in [4.78, 5) is 2.58. The molecule has 1 heterocycles. The van der Waals surface area contributed by atoms with Gasteiger partial charge in [0.2, 0.25) is 0 Å². The number of ether oxygens (including phenoxy) is 1. The highest BCUT2D eigenvalue weighted by Crippen LogP contribution is 2.37. The molecule has 0 radical (unpaired) electrons. The van der Waals surface area contributed by atoms with Crippen LogP contribution < -0.4 is 10.5 Å². The Labute approximate surface area is 129 Å². The Bertz CT molecular complexity index is 439. The van der Waals surface area contributed by atoms with Crippen LogP contribution in [0, 0.1) is 12.8 Å². The molecule has 3 heteroatoms. The number of nitrogens with two attached hydrogens (primary N) is 1. The fourth-order valence-corrected chi connectivity index (χ4v) is 3.61. The van der Waals surface area contributed by atoms with Crippen LogP contribution in [-0.4, -0.2) is 38.2 Å². The van der Waals surface area contributed by atoms with Gasteiger partial charge in [0.25, 0.3) is 0 Å². The molecule has 1 aliphatic rings. The molecule has 0 saturated carbocycles. The summed E-state index contributed by atoms with van der Waals surface area (Å²) in [5.74, 6) is 2.09. The molecule has 118 valence electrons. The maximum absolute atomic E-state index is 6.13. The van der Waals surface area contributed by atoms with Gasteiger partial charge in [-0.05, 0) is 69.9 Å². The largest absolute Gasteiger partial charge is 0.496 e. The molecule has 1 saturated heterocycles. The normalized spacial score (nSPS) is 18.7. The highest BCUT2D eigenvalue weighted by atomic mass is 16.5. The zero-order chi connectivity index (χ0) is 15.2. The fraction of sp³-hybridized carbons (Fsp3) is 0.667. The highest BCUT2D eigenvalue weighted by molar-refractivity contribution is 5.40. The lowest BCUT2D eigenvalue weighted by Crippen LogP contribution is -2.37. The molecule has 2 rings (SSSR count). The number of benzene rings is 1. The number of likely N-dealkylation sites (tertiary alicyclic amines) is 1. The molecule has 0 spiro atoms. The average molecular weight is 290 g/mol. The van der Waals surface area contributed by atoms with Gasteiger partial charge in [0.15, 0.2) is 0 Å². The van der Waals surface area contributed by atoms with Crippen molar-refractivity contribution in [2.24, 2.45) is 11.7 Å². The molecular weight excluding hydrogens is 260 g/mol. The summed E-state index contributed by atoms with van der Waals surface area (Å²) in [6.07, 6.45) is 3.74. The van der Waals surface area contributed by atoms with Gasteiger partial charge in [-0.1, -0.05) is 24.6 Å². The van der Waals surface area contributed by atoms with Crippen LogP contribution in [0.4, 0.5) is 0 Å². The van der Waals surface area contributed by atoms with Crippen LogP contribution in [0.5, 0.6) is 5.75 Å². The molecule has 1 aliphatic heterocycles. The Morgan fingerprint density at radius 1 is 1.33 bits per heavy atom. The zero-order valence-electron chi connectivity index (χ0n) is 13.8. The number of piperidine rings is 1. The standard InChI is InChI=1S/C18H30N2O/c1-4-9-20-10-7-15(8-11-20)17(13-19)16-12-14(2)5-6-18(16)21-3/h5-6,12,15,17H,4,7-11,13,19H2,1-3H3. The van der Waals surface area contributed by atoms with Crippen molar-refractivity contribution in [1.29, 1.82) is 0 Å². The SMILES string of the molecule is CCCN1CCC(C(CN)c2cc(C)ccc2OC)CC1. The van der Waals surface area contributed by atoms with E-state index in [1.54, 1.807) is 7.11 Å². The Morgan fingerprint density at radius 2 is 2.05 bits per heavy atom. The lowest BCUT2D eigenvalue weighted by Gasteiger charge is -2.36. The van der Waals surface area contributed by atoms with Gasteiger partial charge < -0.3 is 15.4 Å².